The van der Waals surface area contributed by atoms with Crippen LogP contribution in [0.2, 0.25) is 0 Å². The average Bonchev–Trinajstić information content (AvgIpc) is 2.75. The smallest absolute Gasteiger partial charge is 0.244 e. The lowest BCUT2D eigenvalue weighted by atomic mass is 10.1. The summed E-state index contributed by atoms with van der Waals surface area (Å²) >= 11 is 3.45. The van der Waals surface area contributed by atoms with Crippen LogP contribution >= 0.6 is 15.9 Å². The molecule has 1 fully saturated rings. The Hall–Kier alpha value is -1.27. The summed E-state index contributed by atoms with van der Waals surface area (Å²) in [5.74, 6) is 1.20. The molecular weight excluding hydrogens is 308 g/mol. The van der Waals surface area contributed by atoms with Crippen LogP contribution in [-0.2, 0) is 0 Å². The summed E-state index contributed by atoms with van der Waals surface area (Å²) < 4.78 is 6.26. The molecule has 0 saturated carbocycles. The summed E-state index contributed by atoms with van der Waals surface area (Å²) in [6, 6.07) is 3.95. The zero-order chi connectivity index (χ0) is 13.1. The fourth-order valence-electron chi connectivity index (χ4n) is 2.26. The first-order valence-electron chi connectivity index (χ1n) is 6.52. The molecule has 1 unspecified atom stereocenters. The Morgan fingerprint density at radius 2 is 2.26 bits per heavy atom. The minimum atomic E-state index is 0.172. The first kappa shape index (κ1) is 12.7. The van der Waals surface area contributed by atoms with Crippen LogP contribution in [0.15, 0.2) is 27.3 Å². The molecule has 0 aromatic carbocycles. The predicted molar refractivity (Wildman–Crippen MR) is 74.4 cm³/mol. The van der Waals surface area contributed by atoms with E-state index < -0.39 is 0 Å². The quantitative estimate of drug-likeness (QED) is 0.920. The summed E-state index contributed by atoms with van der Waals surface area (Å²) in [7, 11) is 0. The van der Waals surface area contributed by atoms with Gasteiger partial charge in [0.15, 0.2) is 0 Å². The molecule has 100 valence electrons. The van der Waals surface area contributed by atoms with E-state index in [1.54, 1.807) is 6.20 Å². The van der Waals surface area contributed by atoms with Crippen molar-refractivity contribution < 1.29 is 4.52 Å². The Balaban J connectivity index is 1.85. The number of aromatic nitrogens is 3. The van der Waals surface area contributed by atoms with Gasteiger partial charge in [-0.15, -0.1) is 0 Å². The van der Waals surface area contributed by atoms with Crippen LogP contribution in [0.4, 0.5) is 0 Å². The second kappa shape index (κ2) is 5.79. The second-order valence-electron chi connectivity index (χ2n) is 4.65. The fraction of sp³-hybridized carbons (Fsp3) is 0.462. The van der Waals surface area contributed by atoms with Crippen molar-refractivity contribution in [3.63, 3.8) is 0 Å². The number of pyridine rings is 1. The van der Waals surface area contributed by atoms with E-state index in [0.29, 0.717) is 17.4 Å². The lowest BCUT2D eigenvalue weighted by molar-refractivity contribution is 0.327. The van der Waals surface area contributed by atoms with Crippen molar-refractivity contribution >= 4 is 15.9 Å². The highest BCUT2D eigenvalue weighted by atomic mass is 79.9. The van der Waals surface area contributed by atoms with Crippen molar-refractivity contribution in [1.29, 1.82) is 0 Å². The van der Waals surface area contributed by atoms with E-state index in [1.807, 2.05) is 12.1 Å². The van der Waals surface area contributed by atoms with Crippen molar-refractivity contribution in [3.8, 4) is 11.5 Å². The lowest BCUT2D eigenvalue weighted by Gasteiger charge is -2.09. The van der Waals surface area contributed by atoms with Crippen molar-refractivity contribution in [3.05, 3.63) is 28.7 Å². The lowest BCUT2D eigenvalue weighted by Crippen LogP contribution is -2.20. The Bertz CT molecular complexity index is 549. The third kappa shape index (κ3) is 2.84. The summed E-state index contributed by atoms with van der Waals surface area (Å²) in [5, 5.41) is 7.48. The number of rotatable bonds is 2. The molecule has 3 rings (SSSR count). The Morgan fingerprint density at radius 1 is 1.32 bits per heavy atom. The SMILES string of the molecule is Brc1cccnc1-c1noc(C2CCCCCN2)n1. The van der Waals surface area contributed by atoms with Gasteiger partial charge in [0, 0.05) is 10.7 Å². The standard InChI is InChI=1S/C13H15BrN4O/c14-9-5-4-8-16-11(9)12-17-13(19-18-12)10-6-2-1-3-7-15-10/h4-5,8,10,15H,1-3,6-7H2. The molecule has 19 heavy (non-hydrogen) atoms. The van der Waals surface area contributed by atoms with E-state index in [-0.39, 0.29) is 6.04 Å². The number of hydrogen-bond acceptors (Lipinski definition) is 5. The van der Waals surface area contributed by atoms with Crippen LogP contribution in [-0.4, -0.2) is 21.7 Å². The van der Waals surface area contributed by atoms with Gasteiger partial charge in [0.1, 0.15) is 5.69 Å². The number of halogens is 1. The van der Waals surface area contributed by atoms with Crippen molar-refractivity contribution in [2.75, 3.05) is 6.54 Å². The fourth-order valence-corrected chi connectivity index (χ4v) is 2.69. The van der Waals surface area contributed by atoms with Gasteiger partial charge in [0.25, 0.3) is 0 Å². The predicted octanol–water partition coefficient (Wildman–Crippen LogP) is 3.10. The first-order valence-corrected chi connectivity index (χ1v) is 7.32. The molecule has 0 amide bonds. The maximum absolute atomic E-state index is 5.38. The molecule has 2 aromatic rings. The highest BCUT2D eigenvalue weighted by Gasteiger charge is 2.21. The molecule has 0 spiro atoms. The van der Waals surface area contributed by atoms with Gasteiger partial charge in [-0.05, 0) is 47.4 Å². The minimum Gasteiger partial charge on any atom is -0.337 e. The first-order chi connectivity index (χ1) is 9.34. The molecule has 0 radical (unpaired) electrons. The molecule has 3 heterocycles. The third-order valence-corrected chi connectivity index (χ3v) is 3.91. The van der Waals surface area contributed by atoms with Gasteiger partial charge in [-0.25, -0.2) is 0 Å². The number of nitrogens with zero attached hydrogens (tertiary/aromatic N) is 3. The minimum absolute atomic E-state index is 0.172. The van der Waals surface area contributed by atoms with E-state index in [1.165, 1.54) is 19.3 Å². The highest BCUT2D eigenvalue weighted by Crippen LogP contribution is 2.26. The summed E-state index contributed by atoms with van der Waals surface area (Å²) in [6.45, 7) is 1.01. The summed E-state index contributed by atoms with van der Waals surface area (Å²) in [5.41, 5.74) is 0.714. The highest BCUT2D eigenvalue weighted by molar-refractivity contribution is 9.10. The van der Waals surface area contributed by atoms with Gasteiger partial charge in [-0.3, -0.25) is 4.98 Å². The molecule has 6 heteroatoms. The van der Waals surface area contributed by atoms with Gasteiger partial charge in [0.05, 0.1) is 6.04 Å². The van der Waals surface area contributed by atoms with E-state index >= 15 is 0 Å². The Kier molecular flexibility index (Phi) is 3.89. The van der Waals surface area contributed by atoms with E-state index in [2.05, 4.69) is 36.4 Å². The van der Waals surface area contributed by atoms with E-state index in [0.717, 1.165) is 17.4 Å². The van der Waals surface area contributed by atoms with Crippen LogP contribution in [0.25, 0.3) is 11.5 Å². The molecule has 1 N–H and O–H groups in total. The summed E-state index contributed by atoms with van der Waals surface area (Å²) in [6.07, 6.45) is 6.44. The zero-order valence-electron chi connectivity index (χ0n) is 10.5. The third-order valence-electron chi connectivity index (χ3n) is 3.27. The number of hydrogen-bond donors (Lipinski definition) is 1. The Morgan fingerprint density at radius 3 is 3.16 bits per heavy atom. The van der Waals surface area contributed by atoms with Crippen LogP contribution < -0.4 is 5.32 Å². The maximum atomic E-state index is 5.38. The monoisotopic (exact) mass is 322 g/mol. The summed E-state index contributed by atoms with van der Waals surface area (Å²) in [4.78, 5) is 8.75. The molecule has 5 nitrogen and oxygen atoms in total. The molecule has 1 aliphatic heterocycles. The van der Waals surface area contributed by atoms with E-state index in [4.69, 9.17) is 4.52 Å². The largest absolute Gasteiger partial charge is 0.337 e. The van der Waals surface area contributed by atoms with Crippen LogP contribution in [0.3, 0.4) is 0 Å². The van der Waals surface area contributed by atoms with Gasteiger partial charge in [-0.2, -0.15) is 4.98 Å². The molecule has 1 saturated heterocycles. The molecule has 1 atom stereocenters. The van der Waals surface area contributed by atoms with E-state index in [9.17, 15) is 0 Å². The molecule has 0 bridgehead atoms. The van der Waals surface area contributed by atoms with Crippen LogP contribution in [0.1, 0.15) is 37.6 Å². The van der Waals surface area contributed by atoms with Crippen LogP contribution in [0, 0.1) is 0 Å². The molecule has 1 aliphatic rings. The Labute approximate surface area is 119 Å². The maximum Gasteiger partial charge on any atom is 0.244 e. The molecule has 0 aliphatic carbocycles. The van der Waals surface area contributed by atoms with Crippen molar-refractivity contribution in [2.45, 2.75) is 31.7 Å². The van der Waals surface area contributed by atoms with Gasteiger partial charge in [0.2, 0.25) is 11.7 Å². The number of nitrogens with one attached hydrogen (secondary N) is 1. The van der Waals surface area contributed by atoms with Crippen molar-refractivity contribution in [2.24, 2.45) is 0 Å². The van der Waals surface area contributed by atoms with Crippen molar-refractivity contribution in [1.82, 2.24) is 20.4 Å². The van der Waals surface area contributed by atoms with Gasteiger partial charge < -0.3 is 9.84 Å². The zero-order valence-corrected chi connectivity index (χ0v) is 12.1. The van der Waals surface area contributed by atoms with Crippen LogP contribution in [0.5, 0.6) is 0 Å². The topological polar surface area (TPSA) is 63.8 Å². The van der Waals surface area contributed by atoms with Gasteiger partial charge >= 0.3 is 0 Å². The van der Waals surface area contributed by atoms with Gasteiger partial charge in [-0.1, -0.05) is 18.0 Å². The molecular formula is C13H15BrN4O. The normalized spacial score (nSPS) is 20.2. The molecule has 2 aromatic heterocycles. The second-order valence-corrected chi connectivity index (χ2v) is 5.50. The average molecular weight is 323 g/mol.